The molecule has 0 fully saturated rings. The Labute approximate surface area is 202 Å². The molecule has 34 heavy (non-hydrogen) atoms. The van der Waals surface area contributed by atoms with Gasteiger partial charge < -0.3 is 4.74 Å². The van der Waals surface area contributed by atoms with Crippen LogP contribution in [0.4, 0.5) is 5.69 Å². The molecule has 0 amide bonds. The van der Waals surface area contributed by atoms with Crippen LogP contribution in [0.25, 0.3) is 16.9 Å². The van der Waals surface area contributed by atoms with E-state index < -0.39 is 0 Å². The number of benzene rings is 3. The summed E-state index contributed by atoms with van der Waals surface area (Å²) in [5, 5.41) is 0. The number of hydrogen-bond acceptors (Lipinski definition) is 1. The van der Waals surface area contributed by atoms with Crippen molar-refractivity contribution in [1.82, 2.24) is 0 Å². The van der Waals surface area contributed by atoms with Crippen molar-refractivity contribution in [1.29, 1.82) is 0 Å². The molecule has 2 nitrogen and oxygen atoms in total. The standard InChI is InChI=1S/C32H30NO/c1-21-10-12-25(16-23(21)3)28-18-29(34-32(19-28)26-13-11-22(2)24(4)17-26)15-14-27-20-33(5)31-9-7-6-8-30(27)31/h6-20H,1-5H3/q+1. The monoisotopic (exact) mass is 444 g/mol. The minimum atomic E-state index is 0.830. The van der Waals surface area contributed by atoms with Crippen LogP contribution in [-0.4, -0.2) is 17.8 Å². The van der Waals surface area contributed by atoms with Crippen LogP contribution in [0.3, 0.4) is 0 Å². The lowest BCUT2D eigenvalue weighted by Gasteiger charge is -2.19. The number of aryl methyl sites for hydroxylation is 4. The lowest BCUT2D eigenvalue weighted by Crippen LogP contribution is -2.00. The molecule has 0 radical (unpaired) electrons. The smallest absolute Gasteiger partial charge is 0.213 e. The summed E-state index contributed by atoms with van der Waals surface area (Å²) < 4.78 is 8.59. The molecule has 0 aliphatic carbocycles. The van der Waals surface area contributed by atoms with Crippen LogP contribution in [0.2, 0.25) is 0 Å². The Kier molecular flexibility index (Phi) is 5.67. The Morgan fingerprint density at radius 1 is 0.706 bits per heavy atom. The first-order valence-electron chi connectivity index (χ1n) is 11.7. The van der Waals surface area contributed by atoms with Crippen molar-refractivity contribution < 1.29 is 9.31 Å². The van der Waals surface area contributed by atoms with Gasteiger partial charge in [0.25, 0.3) is 0 Å². The van der Waals surface area contributed by atoms with Crippen molar-refractivity contribution in [2.24, 2.45) is 0 Å². The minimum Gasteiger partial charge on any atom is -0.457 e. The van der Waals surface area contributed by atoms with E-state index in [2.05, 4.69) is 131 Å². The highest BCUT2D eigenvalue weighted by Crippen LogP contribution is 2.34. The first kappa shape index (κ1) is 21.9. The number of fused-ring (bicyclic) bond motifs is 1. The molecule has 0 aromatic heterocycles. The van der Waals surface area contributed by atoms with Gasteiger partial charge in [-0.1, -0.05) is 42.5 Å². The lowest BCUT2D eigenvalue weighted by molar-refractivity contribution is -0.395. The molecular weight excluding hydrogens is 414 g/mol. The van der Waals surface area contributed by atoms with Crippen LogP contribution in [0.1, 0.15) is 38.9 Å². The molecule has 2 aliphatic rings. The molecule has 0 saturated carbocycles. The van der Waals surface area contributed by atoms with Gasteiger partial charge in [-0.25, -0.2) is 4.58 Å². The normalized spacial score (nSPS) is 17.3. The third-order valence-corrected chi connectivity index (χ3v) is 6.80. The van der Waals surface area contributed by atoms with Crippen LogP contribution in [0.5, 0.6) is 0 Å². The second-order valence-electron chi connectivity index (χ2n) is 9.26. The SMILES string of the molecule is Cc1ccc(C2=CC(=CC=C3C=[N+](C)c4ccccc43)OC(c3ccc(C)c(C)c3)=C2)cc1C. The zero-order valence-electron chi connectivity index (χ0n) is 20.5. The van der Waals surface area contributed by atoms with Gasteiger partial charge in [0.05, 0.1) is 11.1 Å². The molecule has 2 heterocycles. The number of nitrogens with zero attached hydrogens (tertiary/aromatic N) is 1. The number of allylic oxidation sites excluding steroid dienone is 6. The third kappa shape index (κ3) is 4.20. The van der Waals surface area contributed by atoms with E-state index in [1.54, 1.807) is 0 Å². The first-order chi connectivity index (χ1) is 16.4. The summed E-state index contributed by atoms with van der Waals surface area (Å²) in [4.78, 5) is 0. The molecule has 0 spiro atoms. The quantitative estimate of drug-likeness (QED) is 0.377. The molecular formula is C32H30NO+. The predicted molar refractivity (Wildman–Crippen MR) is 143 cm³/mol. The fraction of sp³-hybridized carbons (Fsp3) is 0.156. The molecule has 3 aromatic carbocycles. The maximum Gasteiger partial charge on any atom is 0.213 e. The van der Waals surface area contributed by atoms with Crippen molar-refractivity contribution in [2.75, 3.05) is 7.05 Å². The summed E-state index contributed by atoms with van der Waals surface area (Å²) in [6.07, 6.45) is 10.7. The van der Waals surface area contributed by atoms with E-state index >= 15 is 0 Å². The maximum atomic E-state index is 6.42. The zero-order chi connectivity index (χ0) is 23.8. The molecule has 0 saturated heterocycles. The van der Waals surface area contributed by atoms with Crippen molar-refractivity contribution in [3.05, 3.63) is 130 Å². The maximum absolute atomic E-state index is 6.42. The summed E-state index contributed by atoms with van der Waals surface area (Å²) in [6, 6.07) is 21.6. The number of ether oxygens (including phenoxy) is 1. The first-order valence-corrected chi connectivity index (χ1v) is 11.7. The van der Waals surface area contributed by atoms with Gasteiger partial charge in [0, 0.05) is 11.6 Å². The summed E-state index contributed by atoms with van der Waals surface area (Å²) in [6.45, 7) is 8.60. The molecule has 5 rings (SSSR count). The van der Waals surface area contributed by atoms with Gasteiger partial charge in [-0.05, 0) is 97.5 Å². The zero-order valence-corrected chi connectivity index (χ0v) is 20.5. The molecule has 2 aliphatic heterocycles. The molecule has 3 aromatic rings. The largest absolute Gasteiger partial charge is 0.457 e. The van der Waals surface area contributed by atoms with Crippen LogP contribution >= 0.6 is 0 Å². The van der Waals surface area contributed by atoms with Gasteiger partial charge in [-0.2, -0.15) is 0 Å². The van der Waals surface area contributed by atoms with Crippen molar-refractivity contribution in [3.8, 4) is 0 Å². The Hall–Kier alpha value is -3.91. The summed E-state index contributed by atoms with van der Waals surface area (Å²) in [7, 11) is 2.09. The lowest BCUT2D eigenvalue weighted by atomic mass is 9.96. The highest BCUT2D eigenvalue weighted by atomic mass is 16.5. The average Bonchev–Trinajstić information content (AvgIpc) is 3.16. The van der Waals surface area contributed by atoms with Crippen molar-refractivity contribution >= 4 is 28.8 Å². The molecule has 0 N–H and O–H groups in total. The molecule has 168 valence electrons. The van der Waals surface area contributed by atoms with E-state index in [9.17, 15) is 0 Å². The van der Waals surface area contributed by atoms with Gasteiger partial charge in [0.1, 0.15) is 18.6 Å². The van der Waals surface area contributed by atoms with Gasteiger partial charge in [0.15, 0.2) is 6.21 Å². The third-order valence-electron chi connectivity index (χ3n) is 6.80. The highest BCUT2D eigenvalue weighted by molar-refractivity contribution is 6.12. The average molecular weight is 445 g/mol. The summed E-state index contributed by atoms with van der Waals surface area (Å²) >= 11 is 0. The fourth-order valence-electron chi connectivity index (χ4n) is 4.41. The second kappa shape index (κ2) is 8.79. The van der Waals surface area contributed by atoms with Crippen LogP contribution in [0, 0.1) is 27.7 Å². The van der Waals surface area contributed by atoms with Gasteiger partial charge in [-0.15, -0.1) is 0 Å². The highest BCUT2D eigenvalue weighted by Gasteiger charge is 2.22. The van der Waals surface area contributed by atoms with E-state index in [1.807, 2.05) is 0 Å². The predicted octanol–water partition coefficient (Wildman–Crippen LogP) is 7.70. The van der Waals surface area contributed by atoms with E-state index in [4.69, 9.17) is 4.74 Å². The Morgan fingerprint density at radius 3 is 2.12 bits per heavy atom. The Balaban J connectivity index is 1.58. The van der Waals surface area contributed by atoms with E-state index in [0.29, 0.717) is 0 Å². The Morgan fingerprint density at radius 2 is 1.38 bits per heavy atom. The number of hydrogen-bond donors (Lipinski definition) is 0. The van der Waals surface area contributed by atoms with E-state index in [1.165, 1.54) is 44.6 Å². The topological polar surface area (TPSA) is 12.2 Å². The van der Waals surface area contributed by atoms with Gasteiger partial charge in [0.2, 0.25) is 5.69 Å². The molecule has 0 bridgehead atoms. The summed E-state index contributed by atoms with van der Waals surface area (Å²) in [5.41, 5.74) is 12.2. The minimum absolute atomic E-state index is 0.830. The molecule has 0 atom stereocenters. The number of para-hydroxylation sites is 1. The van der Waals surface area contributed by atoms with Crippen molar-refractivity contribution in [2.45, 2.75) is 27.7 Å². The Bertz CT molecular complexity index is 1460. The van der Waals surface area contributed by atoms with Crippen LogP contribution in [0.15, 0.2) is 90.7 Å². The molecule has 2 heteroatoms. The number of rotatable bonds is 3. The summed E-state index contributed by atoms with van der Waals surface area (Å²) in [5.74, 6) is 1.70. The van der Waals surface area contributed by atoms with E-state index in [0.717, 1.165) is 22.7 Å². The van der Waals surface area contributed by atoms with Crippen LogP contribution in [-0.2, 0) is 4.74 Å². The fourth-order valence-corrected chi connectivity index (χ4v) is 4.41. The van der Waals surface area contributed by atoms with Crippen molar-refractivity contribution in [3.63, 3.8) is 0 Å². The van der Waals surface area contributed by atoms with Gasteiger partial charge in [-0.3, -0.25) is 0 Å². The second-order valence-corrected chi connectivity index (χ2v) is 9.26. The molecule has 0 unspecified atom stereocenters. The van der Waals surface area contributed by atoms with Gasteiger partial charge >= 0.3 is 0 Å². The van der Waals surface area contributed by atoms with Crippen LogP contribution < -0.4 is 0 Å². The van der Waals surface area contributed by atoms with E-state index in [-0.39, 0.29) is 0 Å².